The van der Waals surface area contributed by atoms with Crippen LogP contribution in [0.15, 0.2) is 164 Å². The molecule has 0 spiro atoms. The Morgan fingerprint density at radius 3 is 1.51 bits per heavy atom. The van der Waals surface area contributed by atoms with Crippen molar-refractivity contribution < 1.29 is 24.0 Å². The fourth-order valence-electron chi connectivity index (χ4n) is 10.4. The number of aromatic nitrogens is 6. The number of aryl methyl sites for hydroxylation is 1. The largest absolute Gasteiger partial charge is 0.469 e. The van der Waals surface area contributed by atoms with E-state index in [0.717, 1.165) is 83.7 Å². The molecule has 0 fully saturated rings. The Morgan fingerprint density at radius 1 is 0.566 bits per heavy atom. The zero-order valence-corrected chi connectivity index (χ0v) is 41.2. The van der Waals surface area contributed by atoms with Crippen LogP contribution in [0.25, 0.3) is 90.9 Å². The van der Waals surface area contributed by atoms with Crippen molar-refractivity contribution in [2.45, 2.75) is 19.8 Å². The van der Waals surface area contributed by atoms with Crippen molar-refractivity contribution in [3.8, 4) is 56.1 Å². The number of nitrogens with one attached hydrogen (secondary N) is 3. The van der Waals surface area contributed by atoms with Gasteiger partial charge in [0.25, 0.3) is 5.69 Å². The number of ether oxygens (including phenoxy) is 2. The minimum absolute atomic E-state index is 0.0557. The van der Waals surface area contributed by atoms with Crippen LogP contribution in [0.4, 0.5) is 11.4 Å². The minimum Gasteiger partial charge on any atom is -0.469 e. The molecule has 14 nitrogen and oxygen atoms in total. The summed E-state index contributed by atoms with van der Waals surface area (Å²) in [4.78, 5) is 66.1. The quantitative estimate of drug-likeness (QED) is 0.0675. The van der Waals surface area contributed by atoms with Crippen LogP contribution in [0, 0.1) is 28.9 Å². The molecule has 2 aliphatic heterocycles. The summed E-state index contributed by atoms with van der Waals surface area (Å²) >= 11 is 0. The van der Waals surface area contributed by atoms with Gasteiger partial charge in [-0.15, -0.1) is 0 Å². The number of carbonyl (C=O) groups excluding carboxylic acids is 2. The van der Waals surface area contributed by atoms with Crippen molar-refractivity contribution in [2.75, 3.05) is 12.4 Å². The summed E-state index contributed by atoms with van der Waals surface area (Å²) in [5.41, 5.74) is 15.4. The lowest BCUT2D eigenvalue weighted by atomic mass is 9.77. The minimum atomic E-state index is -0.907. The number of fused-ring (bicyclic) bond motifs is 9. The van der Waals surface area contributed by atoms with Gasteiger partial charge in [0.1, 0.15) is 11.6 Å². The number of rotatable bonds is 10. The molecule has 14 heteroatoms. The van der Waals surface area contributed by atoms with E-state index in [4.69, 9.17) is 29.4 Å². The van der Waals surface area contributed by atoms with Gasteiger partial charge in [-0.1, -0.05) is 103 Å². The number of hydrogen-bond acceptors (Lipinski definition) is 10. The van der Waals surface area contributed by atoms with Gasteiger partial charge in [-0.3, -0.25) is 19.7 Å². The molecule has 3 aliphatic rings. The molecule has 0 saturated heterocycles. The molecule has 0 radical (unpaired) electrons. The Balaban J connectivity index is 1.02. The van der Waals surface area contributed by atoms with E-state index < -0.39 is 28.6 Å². The molecule has 76 heavy (non-hydrogen) atoms. The Labute approximate surface area is 435 Å². The summed E-state index contributed by atoms with van der Waals surface area (Å²) in [5, 5.41) is 14.2. The van der Waals surface area contributed by atoms with Gasteiger partial charge in [0.15, 0.2) is 0 Å². The lowest BCUT2D eigenvalue weighted by molar-refractivity contribution is -0.384. The fraction of sp³-hybridized carbons (Fsp3) is 0.0968. The second-order valence-corrected chi connectivity index (χ2v) is 18.7. The van der Waals surface area contributed by atoms with Gasteiger partial charge in [-0.25, -0.2) is 15.0 Å². The van der Waals surface area contributed by atoms with E-state index in [9.17, 15) is 19.7 Å². The molecule has 12 rings (SSSR count). The highest BCUT2D eigenvalue weighted by Gasteiger charge is 2.41. The van der Waals surface area contributed by atoms with E-state index in [1.165, 1.54) is 31.4 Å². The third kappa shape index (κ3) is 8.97. The summed E-state index contributed by atoms with van der Waals surface area (Å²) in [6.45, 7) is 1.75. The Kier molecular flexibility index (Phi) is 12.2. The Bertz CT molecular complexity index is 3980. The average Bonchev–Trinajstić information content (AvgIpc) is 4.36. The van der Waals surface area contributed by atoms with Crippen LogP contribution in [-0.2, 0) is 27.2 Å². The zero-order valence-electron chi connectivity index (χ0n) is 41.2. The van der Waals surface area contributed by atoms with Crippen LogP contribution in [0.3, 0.4) is 0 Å². The molecule has 6 heterocycles. The van der Waals surface area contributed by atoms with Gasteiger partial charge in [0.05, 0.1) is 52.3 Å². The van der Waals surface area contributed by atoms with Gasteiger partial charge < -0.3 is 24.8 Å². The molecule has 5 aromatic carbocycles. The van der Waals surface area contributed by atoms with Gasteiger partial charge in [0, 0.05) is 74.1 Å². The molecule has 1 aliphatic carbocycles. The van der Waals surface area contributed by atoms with Crippen molar-refractivity contribution in [2.24, 2.45) is 11.8 Å². The molecule has 2 atom stereocenters. The Morgan fingerprint density at radius 2 is 1.04 bits per heavy atom. The predicted octanol–water partition coefficient (Wildman–Crippen LogP) is 13.3. The lowest BCUT2D eigenvalue weighted by Gasteiger charge is -2.30. The van der Waals surface area contributed by atoms with E-state index in [0.29, 0.717) is 34.2 Å². The van der Waals surface area contributed by atoms with Crippen LogP contribution >= 0.6 is 0 Å². The highest BCUT2D eigenvalue weighted by molar-refractivity contribution is 6.00. The van der Waals surface area contributed by atoms with Crippen LogP contribution in [0.1, 0.15) is 39.9 Å². The maximum atomic E-state index is 14.1. The van der Waals surface area contributed by atoms with Crippen molar-refractivity contribution in [3.63, 3.8) is 0 Å². The maximum absolute atomic E-state index is 14.1. The van der Waals surface area contributed by atoms with E-state index >= 15 is 0 Å². The SMILES string of the molecule is COC(=O)C1Cc2nc(C)nc(Oc3cccc(-c4c5nc(c(-c6ccccc6)c6ccc([nH]6)c(-c6ccccc6)c6nc(c(-c7ccccc7)c7ccc4[nH]7)C=C6)C=C5)c3)c2CC1C(=O)Nc1ccc([N+](=O)[O-])cc1. The number of nitro groups is 1. The van der Waals surface area contributed by atoms with Gasteiger partial charge in [-0.05, 0) is 108 Å². The molecule has 8 bridgehead atoms. The number of benzene rings is 5. The van der Waals surface area contributed by atoms with Gasteiger partial charge >= 0.3 is 5.97 Å². The summed E-state index contributed by atoms with van der Waals surface area (Å²) in [5.74, 6) is -1.66. The summed E-state index contributed by atoms with van der Waals surface area (Å²) in [6.07, 6.45) is 8.42. The first-order valence-corrected chi connectivity index (χ1v) is 24.8. The van der Waals surface area contributed by atoms with Crippen LogP contribution in [-0.4, -0.2) is 53.8 Å². The molecule has 370 valence electrons. The van der Waals surface area contributed by atoms with Gasteiger partial charge in [-0.2, -0.15) is 4.98 Å². The Hall–Kier alpha value is -10.1. The number of aromatic amines is 2. The fourth-order valence-corrected chi connectivity index (χ4v) is 10.4. The number of hydrogen-bond donors (Lipinski definition) is 3. The highest BCUT2D eigenvalue weighted by Crippen LogP contribution is 2.41. The molecular formula is C62H46N8O6. The topological polar surface area (TPSA) is 191 Å². The highest BCUT2D eigenvalue weighted by atomic mass is 16.6. The lowest BCUT2D eigenvalue weighted by Crippen LogP contribution is -2.40. The van der Waals surface area contributed by atoms with Crippen molar-refractivity contribution in [1.82, 2.24) is 29.9 Å². The first kappa shape index (κ1) is 47.0. The van der Waals surface area contributed by atoms with Crippen LogP contribution in [0.5, 0.6) is 11.6 Å². The number of nitro benzene ring substituents is 1. The number of anilines is 1. The first-order valence-electron chi connectivity index (χ1n) is 24.8. The van der Waals surface area contributed by atoms with E-state index in [-0.39, 0.29) is 24.4 Å². The predicted molar refractivity (Wildman–Crippen MR) is 296 cm³/mol. The van der Waals surface area contributed by atoms with Crippen LogP contribution in [0.2, 0.25) is 0 Å². The van der Waals surface area contributed by atoms with E-state index in [2.05, 4.69) is 94.2 Å². The first-order chi connectivity index (χ1) is 37.1. The number of H-pyrrole nitrogens is 2. The second-order valence-electron chi connectivity index (χ2n) is 18.7. The number of amides is 1. The molecule has 4 aromatic heterocycles. The van der Waals surface area contributed by atoms with E-state index in [1.54, 1.807) is 6.92 Å². The number of carbonyl (C=O) groups is 2. The number of methoxy groups -OCH3 is 1. The van der Waals surface area contributed by atoms with Crippen molar-refractivity contribution >= 4 is 69.6 Å². The number of esters is 1. The summed E-state index contributed by atoms with van der Waals surface area (Å²) < 4.78 is 11.9. The summed E-state index contributed by atoms with van der Waals surface area (Å²) in [6, 6.07) is 52.4. The molecular weight excluding hydrogens is 953 g/mol. The third-order valence-electron chi connectivity index (χ3n) is 14.0. The second kappa shape index (κ2) is 19.7. The molecule has 1 amide bonds. The third-order valence-corrected chi connectivity index (χ3v) is 14.0. The standard InChI is InChI=1S/C62H46N8O6/c1-36-63-55-35-45(62(72)75-2)44(60(71)65-41-21-23-42(24-22-41)70(73)74)34-46(55)61(64-36)76-43-20-12-19-40(33-43)59-53-31-29-51(68-53)57(38-15-8-4-9-16-38)49-27-25-47(66-49)56(37-13-6-3-7-14-37)48-26-28-50(67-48)58(39-17-10-5-11-18-39)52-30-32-54(59)69-52/h3-33,44-45,66,69H,34-35H2,1-2H3,(H,65,71). The smallest absolute Gasteiger partial charge is 0.309 e. The van der Waals surface area contributed by atoms with E-state index in [1.807, 2.05) is 84.9 Å². The maximum Gasteiger partial charge on any atom is 0.309 e. The number of non-ortho nitro benzene ring substituents is 1. The average molecular weight is 999 g/mol. The number of nitrogens with zero attached hydrogens (tertiary/aromatic N) is 5. The monoisotopic (exact) mass is 998 g/mol. The van der Waals surface area contributed by atoms with Crippen molar-refractivity contribution in [3.05, 3.63) is 214 Å². The molecule has 2 unspecified atom stereocenters. The molecule has 9 aromatic rings. The summed E-state index contributed by atoms with van der Waals surface area (Å²) in [7, 11) is 1.29. The van der Waals surface area contributed by atoms with Crippen molar-refractivity contribution in [1.29, 1.82) is 0 Å². The van der Waals surface area contributed by atoms with Crippen LogP contribution < -0.4 is 10.1 Å². The molecule has 0 saturated carbocycles. The normalized spacial score (nSPS) is 14.4. The van der Waals surface area contributed by atoms with Gasteiger partial charge in [0.2, 0.25) is 11.8 Å². The molecule has 3 N–H and O–H groups in total. The zero-order chi connectivity index (χ0) is 51.9.